The molecule has 0 aliphatic heterocycles. The van der Waals surface area contributed by atoms with E-state index in [4.69, 9.17) is 38.5 Å². The van der Waals surface area contributed by atoms with Crippen molar-refractivity contribution in [1.82, 2.24) is 0 Å². The number of phosphoric acid groups is 2. The molecule has 0 aromatic carbocycles. The van der Waals surface area contributed by atoms with Gasteiger partial charge in [0, 0.05) is 0 Å². The van der Waals surface area contributed by atoms with Gasteiger partial charge >= 0.3 is 27.3 Å². The zero-order chi connectivity index (χ0) is 9.00. The van der Waals surface area contributed by atoms with Gasteiger partial charge in [0.1, 0.15) is 0 Å². The van der Waals surface area contributed by atoms with Crippen LogP contribution >= 0.6 is 15.6 Å². The SMILES string of the molecule is O=P([O-])(O)O.O=P([O-])(O)O.[Pb+2]. The van der Waals surface area contributed by atoms with Gasteiger partial charge in [0.2, 0.25) is 0 Å². The summed E-state index contributed by atoms with van der Waals surface area (Å²) in [5, 5.41) is 0. The van der Waals surface area contributed by atoms with Gasteiger partial charge in [-0.25, -0.2) is 0 Å². The molecule has 0 saturated heterocycles. The molecule has 2 radical (unpaired) electrons. The van der Waals surface area contributed by atoms with E-state index in [0.717, 1.165) is 0 Å². The van der Waals surface area contributed by atoms with Gasteiger partial charge in [-0.3, -0.25) is 9.13 Å². The molecule has 11 heteroatoms. The van der Waals surface area contributed by atoms with Crippen LogP contribution in [0, 0.1) is 0 Å². The molecule has 4 N–H and O–H groups in total. The van der Waals surface area contributed by atoms with Crippen molar-refractivity contribution in [1.29, 1.82) is 0 Å². The fourth-order valence-corrected chi connectivity index (χ4v) is 0. The Bertz CT molecular complexity index is 124. The van der Waals surface area contributed by atoms with E-state index in [0.29, 0.717) is 0 Å². The maximum Gasteiger partial charge on any atom is 2.00 e. The molecule has 11 heavy (non-hydrogen) atoms. The van der Waals surface area contributed by atoms with E-state index in [1.807, 2.05) is 0 Å². The molecule has 0 unspecified atom stereocenters. The van der Waals surface area contributed by atoms with Gasteiger partial charge < -0.3 is 29.4 Å². The third-order valence-corrected chi connectivity index (χ3v) is 0. The van der Waals surface area contributed by atoms with Gasteiger partial charge in [0.25, 0.3) is 15.6 Å². The Labute approximate surface area is 81.5 Å². The summed E-state index contributed by atoms with van der Waals surface area (Å²) in [5.41, 5.74) is 0. The van der Waals surface area contributed by atoms with Crippen molar-refractivity contribution >= 4 is 42.9 Å². The van der Waals surface area contributed by atoms with Crippen LogP contribution in [0.15, 0.2) is 0 Å². The maximum atomic E-state index is 8.77. The molecule has 0 bridgehead atoms. The second-order valence-corrected chi connectivity index (χ2v) is 2.94. The molecule has 0 saturated carbocycles. The van der Waals surface area contributed by atoms with Crippen LogP contribution in [0.2, 0.25) is 0 Å². The van der Waals surface area contributed by atoms with Crippen molar-refractivity contribution in [3.63, 3.8) is 0 Å². The average Bonchev–Trinajstić information content (AvgIpc) is 1.12. The minimum absolute atomic E-state index is 0. The molecule has 0 spiro atoms. The van der Waals surface area contributed by atoms with Crippen LogP contribution in [0.3, 0.4) is 0 Å². The first-order chi connectivity index (χ1) is 4.00. The van der Waals surface area contributed by atoms with E-state index in [1.165, 1.54) is 0 Å². The zero-order valence-electron chi connectivity index (χ0n) is 4.82. The van der Waals surface area contributed by atoms with Crippen molar-refractivity contribution in [2.45, 2.75) is 0 Å². The normalized spacial score (nSPS) is 10.7. The Morgan fingerprint density at radius 3 is 0.818 bits per heavy atom. The second-order valence-electron chi connectivity index (χ2n) is 0.981. The first-order valence-corrected chi connectivity index (χ1v) is 4.59. The van der Waals surface area contributed by atoms with E-state index in [9.17, 15) is 0 Å². The molecule has 0 aromatic rings. The van der Waals surface area contributed by atoms with Crippen molar-refractivity contribution < 1.29 is 38.5 Å². The van der Waals surface area contributed by atoms with Crippen LogP contribution in [0.5, 0.6) is 0 Å². The van der Waals surface area contributed by atoms with Crippen LogP contribution in [-0.2, 0) is 9.13 Å². The fourth-order valence-electron chi connectivity index (χ4n) is 0. The van der Waals surface area contributed by atoms with Gasteiger partial charge in [-0.05, 0) is 0 Å². The quantitative estimate of drug-likeness (QED) is 0.240. The standard InChI is InChI=1S/2H3O4P.Pb/c2*1-5(2,3)4;/h2*(H3,1,2,3,4);/q;;+2/p-2. The summed E-state index contributed by atoms with van der Waals surface area (Å²) in [6, 6.07) is 0. The van der Waals surface area contributed by atoms with E-state index in [1.54, 1.807) is 0 Å². The second kappa shape index (κ2) is 6.64. The Kier molecular flexibility index (Phi) is 10.9. The molecule has 0 atom stereocenters. The summed E-state index contributed by atoms with van der Waals surface area (Å²) in [7, 11) is -9.78. The Morgan fingerprint density at radius 1 is 0.818 bits per heavy atom. The molecule has 0 aromatic heterocycles. The van der Waals surface area contributed by atoms with Crippen LogP contribution in [-0.4, -0.2) is 46.9 Å². The van der Waals surface area contributed by atoms with Gasteiger partial charge in [0.15, 0.2) is 0 Å². The van der Waals surface area contributed by atoms with Gasteiger partial charge in [-0.2, -0.15) is 0 Å². The van der Waals surface area contributed by atoms with Crippen molar-refractivity contribution in [2.75, 3.05) is 0 Å². The predicted octanol–water partition coefficient (Wildman–Crippen LogP) is -3.50. The molecule has 0 fully saturated rings. The largest absolute Gasteiger partial charge is 2.00 e. The number of hydrogen-bond donors (Lipinski definition) is 4. The van der Waals surface area contributed by atoms with Crippen molar-refractivity contribution in [3.8, 4) is 0 Å². The summed E-state index contributed by atoms with van der Waals surface area (Å²) in [6.45, 7) is 0. The summed E-state index contributed by atoms with van der Waals surface area (Å²) in [4.78, 5) is 45.8. The molecular weight excluding hydrogens is 397 g/mol. The Morgan fingerprint density at radius 2 is 0.818 bits per heavy atom. The first kappa shape index (κ1) is 18.0. The molecule has 8 nitrogen and oxygen atoms in total. The van der Waals surface area contributed by atoms with Gasteiger partial charge in [0.05, 0.1) is 0 Å². The van der Waals surface area contributed by atoms with Crippen molar-refractivity contribution in [2.24, 2.45) is 0 Å². The topological polar surface area (TPSA) is 161 Å². The molecule has 0 rings (SSSR count). The third-order valence-electron chi connectivity index (χ3n) is 0. The van der Waals surface area contributed by atoms with Crippen LogP contribution < -0.4 is 9.79 Å². The van der Waals surface area contributed by atoms with E-state index in [-0.39, 0.29) is 27.3 Å². The summed E-state index contributed by atoms with van der Waals surface area (Å²) in [6.07, 6.45) is 0. The van der Waals surface area contributed by atoms with Crippen LogP contribution in [0.25, 0.3) is 0 Å². The Balaban J connectivity index is -0.000000107. The molecule has 0 heterocycles. The van der Waals surface area contributed by atoms with Crippen molar-refractivity contribution in [3.05, 3.63) is 0 Å². The van der Waals surface area contributed by atoms with Gasteiger partial charge in [-0.15, -0.1) is 0 Å². The molecule has 0 aliphatic carbocycles. The van der Waals surface area contributed by atoms with E-state index >= 15 is 0 Å². The number of hydrogen-bond acceptors (Lipinski definition) is 4. The minimum Gasteiger partial charge on any atom is -0.756 e. The third kappa shape index (κ3) is 714. The van der Waals surface area contributed by atoms with Crippen LogP contribution in [0.1, 0.15) is 0 Å². The fraction of sp³-hybridized carbons (Fsp3) is 0. The molecule has 66 valence electrons. The summed E-state index contributed by atoms with van der Waals surface area (Å²) in [5.74, 6) is 0. The monoisotopic (exact) mass is 402 g/mol. The smallest absolute Gasteiger partial charge is 0.756 e. The summed E-state index contributed by atoms with van der Waals surface area (Å²) < 4.78 is 17.5. The number of rotatable bonds is 0. The van der Waals surface area contributed by atoms with Gasteiger partial charge in [-0.1, -0.05) is 0 Å². The van der Waals surface area contributed by atoms with Crippen LogP contribution in [0.4, 0.5) is 0 Å². The maximum absolute atomic E-state index is 8.77. The van der Waals surface area contributed by atoms with E-state index < -0.39 is 15.6 Å². The molecular formula is H4O8P2Pb. The van der Waals surface area contributed by atoms with E-state index in [2.05, 4.69) is 0 Å². The average molecular weight is 401 g/mol. The predicted molar refractivity (Wildman–Crippen MR) is 29.8 cm³/mol. The molecule has 0 amide bonds. The zero-order valence-corrected chi connectivity index (χ0v) is 10.5. The first-order valence-electron chi connectivity index (χ1n) is 1.53. The minimum atomic E-state index is -4.89. The molecule has 0 aliphatic rings. The summed E-state index contributed by atoms with van der Waals surface area (Å²) >= 11 is 0. The Hall–Kier alpha value is 1.14.